The van der Waals surface area contributed by atoms with Crippen molar-refractivity contribution < 1.29 is 14.3 Å². The predicted octanol–water partition coefficient (Wildman–Crippen LogP) is 1.57. The van der Waals surface area contributed by atoms with Gasteiger partial charge in [0.05, 0.1) is 17.7 Å². The lowest BCUT2D eigenvalue weighted by molar-refractivity contribution is 0.0520. The minimum absolute atomic E-state index is 0.205. The molecule has 0 atom stereocenters. The smallest absolute Gasteiger partial charge is 0.338 e. The van der Waals surface area contributed by atoms with Crippen molar-refractivity contribution >= 4 is 11.9 Å². The number of hydrogen-bond acceptors (Lipinski definition) is 3. The Kier molecular flexibility index (Phi) is 4.05. The Morgan fingerprint density at radius 2 is 1.75 bits per heavy atom. The zero-order chi connectivity index (χ0) is 12.1. The topological polar surface area (TPSA) is 46.6 Å². The Hall–Kier alpha value is -1.84. The van der Waals surface area contributed by atoms with Gasteiger partial charge >= 0.3 is 5.97 Å². The second-order valence-corrected chi connectivity index (χ2v) is 3.47. The number of rotatable bonds is 3. The lowest BCUT2D eigenvalue weighted by atomic mass is 10.1. The zero-order valence-electron chi connectivity index (χ0n) is 9.69. The fourth-order valence-electron chi connectivity index (χ4n) is 1.30. The second-order valence-electron chi connectivity index (χ2n) is 3.47. The summed E-state index contributed by atoms with van der Waals surface area (Å²) < 4.78 is 4.89. The summed E-state index contributed by atoms with van der Waals surface area (Å²) in [7, 11) is 3.29. The van der Waals surface area contributed by atoms with Crippen molar-refractivity contribution in [2.75, 3.05) is 20.7 Å². The van der Waals surface area contributed by atoms with Crippen molar-refractivity contribution in [3.63, 3.8) is 0 Å². The van der Waals surface area contributed by atoms with Crippen LogP contribution in [0.4, 0.5) is 0 Å². The van der Waals surface area contributed by atoms with E-state index in [-0.39, 0.29) is 5.91 Å². The van der Waals surface area contributed by atoms with Gasteiger partial charge in [0.25, 0.3) is 5.91 Å². The number of carbonyl (C=O) groups excluding carboxylic acids is 2. The molecule has 0 saturated carbocycles. The van der Waals surface area contributed by atoms with Crippen LogP contribution in [0, 0.1) is 0 Å². The predicted molar refractivity (Wildman–Crippen MR) is 60.4 cm³/mol. The summed E-state index contributed by atoms with van der Waals surface area (Å²) in [5, 5.41) is 0. The Labute approximate surface area is 94.8 Å². The molecule has 0 bridgehead atoms. The Balaban J connectivity index is 3.10. The minimum atomic E-state index is -0.465. The van der Waals surface area contributed by atoms with Gasteiger partial charge in [-0.3, -0.25) is 4.79 Å². The van der Waals surface area contributed by atoms with Crippen LogP contribution in [-0.4, -0.2) is 37.5 Å². The van der Waals surface area contributed by atoms with Crippen LogP contribution in [0.5, 0.6) is 0 Å². The van der Waals surface area contributed by atoms with Gasteiger partial charge in [-0.05, 0) is 19.1 Å². The van der Waals surface area contributed by atoms with Gasteiger partial charge in [0, 0.05) is 14.1 Å². The van der Waals surface area contributed by atoms with Gasteiger partial charge in [0.1, 0.15) is 0 Å². The maximum Gasteiger partial charge on any atom is 0.338 e. The number of amides is 1. The van der Waals surface area contributed by atoms with Crippen LogP contribution in [0.1, 0.15) is 27.6 Å². The van der Waals surface area contributed by atoms with Crippen molar-refractivity contribution in [3.05, 3.63) is 35.4 Å². The van der Waals surface area contributed by atoms with Gasteiger partial charge < -0.3 is 9.64 Å². The highest BCUT2D eigenvalue weighted by Gasteiger charge is 2.18. The first-order valence-corrected chi connectivity index (χ1v) is 5.05. The molecular weight excluding hydrogens is 206 g/mol. The quantitative estimate of drug-likeness (QED) is 0.728. The van der Waals surface area contributed by atoms with Crippen LogP contribution in [0.3, 0.4) is 0 Å². The van der Waals surface area contributed by atoms with E-state index in [0.29, 0.717) is 17.7 Å². The molecule has 0 fully saturated rings. The van der Waals surface area contributed by atoms with Crippen molar-refractivity contribution in [3.8, 4) is 0 Å². The van der Waals surface area contributed by atoms with E-state index in [2.05, 4.69) is 0 Å². The summed E-state index contributed by atoms with van der Waals surface area (Å²) in [6.07, 6.45) is 0. The number of ether oxygens (including phenoxy) is 1. The summed E-state index contributed by atoms with van der Waals surface area (Å²) in [6.45, 7) is 2.03. The van der Waals surface area contributed by atoms with Gasteiger partial charge in [-0.2, -0.15) is 0 Å². The average Bonchev–Trinajstić information content (AvgIpc) is 2.28. The lowest BCUT2D eigenvalue weighted by Gasteiger charge is -2.13. The molecule has 0 aliphatic heterocycles. The molecular formula is C12H15NO3. The van der Waals surface area contributed by atoms with Crippen LogP contribution in [0.15, 0.2) is 24.3 Å². The van der Waals surface area contributed by atoms with Gasteiger partial charge in [0.15, 0.2) is 0 Å². The summed E-state index contributed by atoms with van der Waals surface area (Å²) in [5.41, 5.74) is 0.675. The van der Waals surface area contributed by atoms with Crippen molar-refractivity contribution in [1.82, 2.24) is 4.90 Å². The highest BCUT2D eigenvalue weighted by molar-refractivity contribution is 6.05. The second kappa shape index (κ2) is 5.30. The molecule has 16 heavy (non-hydrogen) atoms. The van der Waals surface area contributed by atoms with Gasteiger partial charge in [-0.1, -0.05) is 12.1 Å². The number of nitrogens with zero attached hydrogens (tertiary/aromatic N) is 1. The Morgan fingerprint density at radius 3 is 2.25 bits per heavy atom. The normalized spacial score (nSPS) is 9.69. The third-order valence-electron chi connectivity index (χ3n) is 2.06. The number of carbonyl (C=O) groups is 2. The monoisotopic (exact) mass is 221 g/mol. The molecule has 86 valence electrons. The van der Waals surface area contributed by atoms with E-state index in [0.717, 1.165) is 0 Å². The van der Waals surface area contributed by atoms with E-state index in [1.165, 1.54) is 4.90 Å². The van der Waals surface area contributed by atoms with Gasteiger partial charge in [0.2, 0.25) is 0 Å². The van der Waals surface area contributed by atoms with Gasteiger partial charge in [-0.15, -0.1) is 0 Å². The van der Waals surface area contributed by atoms with Crippen LogP contribution in [0.2, 0.25) is 0 Å². The summed E-state index contributed by atoms with van der Waals surface area (Å²) >= 11 is 0. The molecule has 0 unspecified atom stereocenters. The van der Waals surface area contributed by atoms with Crippen LogP contribution >= 0.6 is 0 Å². The molecule has 0 spiro atoms. The highest BCUT2D eigenvalue weighted by atomic mass is 16.5. The van der Waals surface area contributed by atoms with Crippen LogP contribution in [0.25, 0.3) is 0 Å². The van der Waals surface area contributed by atoms with Crippen molar-refractivity contribution in [1.29, 1.82) is 0 Å². The number of esters is 1. The number of benzene rings is 1. The highest BCUT2D eigenvalue weighted by Crippen LogP contribution is 2.12. The molecule has 1 aromatic carbocycles. The van der Waals surface area contributed by atoms with Crippen molar-refractivity contribution in [2.24, 2.45) is 0 Å². The molecule has 4 heteroatoms. The van der Waals surface area contributed by atoms with E-state index in [1.807, 2.05) is 0 Å². The summed E-state index contributed by atoms with van der Waals surface area (Å²) in [6, 6.07) is 6.64. The molecule has 0 aliphatic carbocycles. The lowest BCUT2D eigenvalue weighted by Crippen LogP contribution is -2.24. The molecule has 0 aromatic heterocycles. The molecule has 1 aromatic rings. The number of hydrogen-bond donors (Lipinski definition) is 0. The maximum absolute atomic E-state index is 11.8. The SMILES string of the molecule is CCOC(=O)c1ccccc1C(=O)N(C)C. The van der Waals surface area contributed by atoms with Crippen molar-refractivity contribution in [2.45, 2.75) is 6.92 Å². The standard InChI is InChI=1S/C12H15NO3/c1-4-16-12(15)10-8-6-5-7-9(10)11(14)13(2)3/h5-8H,4H2,1-3H3. The molecule has 0 radical (unpaired) electrons. The zero-order valence-corrected chi connectivity index (χ0v) is 9.69. The summed E-state index contributed by atoms with van der Waals surface area (Å²) in [5.74, 6) is -0.669. The maximum atomic E-state index is 11.8. The summed E-state index contributed by atoms with van der Waals surface area (Å²) in [4.78, 5) is 24.8. The molecule has 1 amide bonds. The fraction of sp³-hybridized carbons (Fsp3) is 0.333. The fourth-order valence-corrected chi connectivity index (χ4v) is 1.30. The van der Waals surface area contributed by atoms with E-state index in [1.54, 1.807) is 45.3 Å². The average molecular weight is 221 g/mol. The third kappa shape index (κ3) is 2.59. The van der Waals surface area contributed by atoms with Crippen LogP contribution < -0.4 is 0 Å². The Bertz CT molecular complexity index is 399. The molecule has 0 saturated heterocycles. The molecule has 0 aliphatic rings. The Morgan fingerprint density at radius 1 is 1.19 bits per heavy atom. The van der Waals surface area contributed by atoms with Gasteiger partial charge in [-0.25, -0.2) is 4.79 Å². The molecule has 0 N–H and O–H groups in total. The molecule has 0 heterocycles. The molecule has 4 nitrogen and oxygen atoms in total. The first-order valence-electron chi connectivity index (χ1n) is 5.05. The largest absolute Gasteiger partial charge is 0.462 e. The van der Waals surface area contributed by atoms with Crippen LogP contribution in [-0.2, 0) is 4.74 Å². The van der Waals surface area contributed by atoms with E-state index in [9.17, 15) is 9.59 Å². The molecule has 1 rings (SSSR count). The van der Waals surface area contributed by atoms with E-state index < -0.39 is 5.97 Å². The van der Waals surface area contributed by atoms with E-state index >= 15 is 0 Å². The third-order valence-corrected chi connectivity index (χ3v) is 2.06. The minimum Gasteiger partial charge on any atom is -0.462 e. The van der Waals surface area contributed by atoms with E-state index in [4.69, 9.17) is 4.74 Å². The first kappa shape index (κ1) is 12.2. The first-order chi connectivity index (χ1) is 7.57.